The van der Waals surface area contributed by atoms with Gasteiger partial charge in [0.1, 0.15) is 28.7 Å². The SMILES string of the molecule is CCC(c1cc(F)cc(F)c1)n1c(NS(=O)(=O)C(C)C(OC)c2ncc(Cl)cn2)nnc1-c1cccc(OC)n1. The molecule has 4 rings (SSSR count). The number of hydrogen-bond donors (Lipinski definition) is 1. The molecule has 1 N–H and O–H groups in total. The number of pyridine rings is 1. The van der Waals surface area contributed by atoms with Crippen molar-refractivity contribution in [2.45, 2.75) is 37.7 Å². The molecular formula is C25H26ClF2N7O4S. The van der Waals surface area contributed by atoms with E-state index in [0.717, 1.165) is 6.07 Å². The van der Waals surface area contributed by atoms with Crippen LogP contribution in [0.4, 0.5) is 14.7 Å². The predicted octanol–water partition coefficient (Wildman–Crippen LogP) is 4.59. The second-order valence-corrected chi connectivity index (χ2v) is 11.2. The van der Waals surface area contributed by atoms with E-state index in [9.17, 15) is 17.2 Å². The first-order valence-corrected chi connectivity index (χ1v) is 13.9. The van der Waals surface area contributed by atoms with Gasteiger partial charge in [0.05, 0.1) is 18.2 Å². The first-order valence-electron chi connectivity index (χ1n) is 12.0. The molecule has 11 nitrogen and oxygen atoms in total. The highest BCUT2D eigenvalue weighted by atomic mass is 35.5. The fraction of sp³-hybridized carbons (Fsp3) is 0.320. The van der Waals surface area contributed by atoms with Gasteiger partial charge in [0.25, 0.3) is 0 Å². The molecule has 0 spiro atoms. The van der Waals surface area contributed by atoms with Gasteiger partial charge in [0.15, 0.2) is 11.6 Å². The summed E-state index contributed by atoms with van der Waals surface area (Å²) in [5.41, 5.74) is 0.534. The molecule has 40 heavy (non-hydrogen) atoms. The van der Waals surface area contributed by atoms with Crippen molar-refractivity contribution in [1.82, 2.24) is 29.7 Å². The number of sulfonamides is 1. The number of hydrogen-bond acceptors (Lipinski definition) is 9. The standard InChI is InChI=1S/C25H26ClF2N7O4S/c1-5-20(15-9-17(27)11-18(28)10-15)35-24(19-7-6-8-21(31-19)38-3)32-33-25(35)34-40(36,37)14(2)22(39-4)23-29-12-16(26)13-30-23/h6-14,20,22H,5H2,1-4H3,(H,33,34). The van der Waals surface area contributed by atoms with Crippen LogP contribution in [0.2, 0.25) is 5.02 Å². The first-order chi connectivity index (χ1) is 19.1. The lowest BCUT2D eigenvalue weighted by molar-refractivity contribution is 0.0950. The fourth-order valence-electron chi connectivity index (χ4n) is 4.18. The summed E-state index contributed by atoms with van der Waals surface area (Å²) in [6.45, 7) is 3.19. The number of aromatic nitrogens is 6. The number of anilines is 1. The molecule has 4 aromatic rings. The van der Waals surface area contributed by atoms with Crippen LogP contribution in [0, 0.1) is 11.6 Å². The molecule has 0 saturated heterocycles. The van der Waals surface area contributed by atoms with Gasteiger partial charge >= 0.3 is 0 Å². The number of nitrogens with one attached hydrogen (secondary N) is 1. The second kappa shape index (κ2) is 12.2. The quantitative estimate of drug-likeness (QED) is 0.265. The average molecular weight is 594 g/mol. The Bertz CT molecular complexity index is 1570. The maximum absolute atomic E-state index is 14.2. The Morgan fingerprint density at radius 1 is 1.07 bits per heavy atom. The molecular weight excluding hydrogens is 568 g/mol. The molecule has 0 radical (unpaired) electrons. The number of benzene rings is 1. The lowest BCUT2D eigenvalue weighted by atomic mass is 10.0. The summed E-state index contributed by atoms with van der Waals surface area (Å²) in [5.74, 6) is -1.25. The molecule has 0 aliphatic rings. The van der Waals surface area contributed by atoms with E-state index in [-0.39, 0.29) is 34.1 Å². The van der Waals surface area contributed by atoms with Crippen LogP contribution in [-0.2, 0) is 14.8 Å². The van der Waals surface area contributed by atoms with E-state index in [1.54, 1.807) is 25.1 Å². The largest absolute Gasteiger partial charge is 0.481 e. The van der Waals surface area contributed by atoms with E-state index in [2.05, 4.69) is 29.9 Å². The van der Waals surface area contributed by atoms with Crippen molar-refractivity contribution in [1.29, 1.82) is 0 Å². The molecule has 0 fully saturated rings. The van der Waals surface area contributed by atoms with E-state index < -0.39 is 39.1 Å². The highest BCUT2D eigenvalue weighted by molar-refractivity contribution is 7.93. The molecule has 0 aliphatic heterocycles. The van der Waals surface area contributed by atoms with Gasteiger partial charge < -0.3 is 9.47 Å². The Balaban J connectivity index is 1.81. The third-order valence-corrected chi connectivity index (χ3v) is 8.01. The van der Waals surface area contributed by atoms with Crippen molar-refractivity contribution in [2.24, 2.45) is 0 Å². The Kier molecular flexibility index (Phi) is 8.91. The van der Waals surface area contributed by atoms with Gasteiger partial charge in [-0.25, -0.2) is 32.2 Å². The first kappa shape index (κ1) is 29.2. The minimum absolute atomic E-state index is 0.106. The van der Waals surface area contributed by atoms with Crippen LogP contribution in [-0.4, -0.2) is 57.6 Å². The summed E-state index contributed by atoms with van der Waals surface area (Å²) >= 11 is 5.86. The van der Waals surface area contributed by atoms with E-state index in [0.29, 0.717) is 12.1 Å². The van der Waals surface area contributed by atoms with Gasteiger partial charge in [-0.05, 0) is 37.1 Å². The van der Waals surface area contributed by atoms with Crippen molar-refractivity contribution in [3.05, 3.63) is 76.8 Å². The molecule has 3 unspecified atom stereocenters. The van der Waals surface area contributed by atoms with Crippen molar-refractivity contribution in [3.8, 4) is 17.4 Å². The molecule has 0 aliphatic carbocycles. The smallest absolute Gasteiger partial charge is 0.240 e. The monoisotopic (exact) mass is 593 g/mol. The summed E-state index contributed by atoms with van der Waals surface area (Å²) in [6, 6.07) is 7.22. The van der Waals surface area contributed by atoms with Crippen molar-refractivity contribution >= 4 is 27.6 Å². The summed E-state index contributed by atoms with van der Waals surface area (Å²) < 4.78 is 70.2. The summed E-state index contributed by atoms with van der Waals surface area (Å²) in [5, 5.41) is 7.34. The maximum Gasteiger partial charge on any atom is 0.240 e. The number of rotatable bonds is 11. The van der Waals surface area contributed by atoms with Crippen molar-refractivity contribution in [3.63, 3.8) is 0 Å². The van der Waals surface area contributed by atoms with E-state index in [4.69, 9.17) is 21.1 Å². The molecule has 0 amide bonds. The molecule has 3 atom stereocenters. The molecule has 1 aromatic carbocycles. The maximum atomic E-state index is 14.2. The van der Waals surface area contributed by atoms with Crippen molar-refractivity contribution < 1.29 is 26.7 Å². The number of ether oxygens (including phenoxy) is 2. The van der Waals surface area contributed by atoms with Gasteiger partial charge in [-0.15, -0.1) is 10.2 Å². The molecule has 0 bridgehead atoms. The van der Waals surface area contributed by atoms with E-state index in [1.807, 2.05) is 0 Å². The van der Waals surface area contributed by atoms with Crippen LogP contribution in [0.25, 0.3) is 11.5 Å². The lowest BCUT2D eigenvalue weighted by Gasteiger charge is -2.24. The summed E-state index contributed by atoms with van der Waals surface area (Å²) in [4.78, 5) is 12.5. The van der Waals surface area contributed by atoms with Gasteiger partial charge in [-0.1, -0.05) is 24.6 Å². The van der Waals surface area contributed by atoms with Crippen LogP contribution in [0.3, 0.4) is 0 Å². The van der Waals surface area contributed by atoms with Gasteiger partial charge in [-0.3, -0.25) is 9.29 Å². The lowest BCUT2D eigenvalue weighted by Crippen LogP contribution is -2.34. The topological polar surface area (TPSA) is 134 Å². The van der Waals surface area contributed by atoms with E-state index >= 15 is 0 Å². The Morgan fingerprint density at radius 3 is 2.35 bits per heavy atom. The van der Waals surface area contributed by atoms with Gasteiger partial charge in [0.2, 0.25) is 21.9 Å². The normalized spacial score (nSPS) is 14.0. The van der Waals surface area contributed by atoms with E-state index in [1.165, 1.54) is 50.2 Å². The Hall–Kier alpha value is -3.75. The third-order valence-electron chi connectivity index (χ3n) is 6.12. The number of methoxy groups -OCH3 is 2. The van der Waals surface area contributed by atoms with Crippen LogP contribution in [0.1, 0.15) is 43.8 Å². The highest BCUT2D eigenvalue weighted by Crippen LogP contribution is 2.33. The predicted molar refractivity (Wildman–Crippen MR) is 143 cm³/mol. The van der Waals surface area contributed by atoms with Gasteiger partial charge in [-0.2, -0.15) is 0 Å². The number of halogens is 3. The Morgan fingerprint density at radius 2 is 1.75 bits per heavy atom. The van der Waals surface area contributed by atoms with Crippen LogP contribution < -0.4 is 9.46 Å². The third kappa shape index (κ3) is 6.18. The van der Waals surface area contributed by atoms with Crippen molar-refractivity contribution in [2.75, 3.05) is 18.9 Å². The summed E-state index contributed by atoms with van der Waals surface area (Å²) in [7, 11) is -1.46. The second-order valence-electron chi connectivity index (χ2n) is 8.68. The van der Waals surface area contributed by atoms with Crippen LogP contribution in [0.15, 0.2) is 48.8 Å². The minimum Gasteiger partial charge on any atom is -0.481 e. The molecule has 3 heterocycles. The zero-order valence-corrected chi connectivity index (χ0v) is 23.5. The Labute approximate surface area is 234 Å². The highest BCUT2D eigenvalue weighted by Gasteiger charge is 2.35. The zero-order valence-electron chi connectivity index (χ0n) is 21.9. The van der Waals surface area contributed by atoms with Gasteiger partial charge in [0, 0.05) is 31.6 Å². The minimum atomic E-state index is -4.23. The summed E-state index contributed by atoms with van der Waals surface area (Å²) in [6.07, 6.45) is 1.89. The average Bonchev–Trinajstić information content (AvgIpc) is 3.32. The molecule has 15 heteroatoms. The van der Waals surface area contributed by atoms with Crippen LogP contribution >= 0.6 is 11.6 Å². The van der Waals surface area contributed by atoms with Crippen LogP contribution in [0.5, 0.6) is 5.88 Å². The fourth-order valence-corrected chi connectivity index (χ4v) is 5.41. The zero-order chi connectivity index (χ0) is 29.0. The number of nitrogens with zero attached hydrogens (tertiary/aromatic N) is 6. The molecule has 0 saturated carbocycles. The molecule has 3 aromatic heterocycles. The molecule has 212 valence electrons.